The zero-order chi connectivity index (χ0) is 39.6. The molecule has 14 aromatic carbocycles. The van der Waals surface area contributed by atoms with E-state index in [9.17, 15) is 0 Å². The van der Waals surface area contributed by atoms with Crippen LogP contribution in [0.1, 0.15) is 26.3 Å². The van der Waals surface area contributed by atoms with Gasteiger partial charge in [0, 0.05) is 0 Å². The molecule has 0 aliphatic heterocycles. The first-order valence-corrected chi connectivity index (χ1v) is 21.3. The van der Waals surface area contributed by atoms with Crippen molar-refractivity contribution < 1.29 is 0 Å². The van der Waals surface area contributed by atoms with Gasteiger partial charge in [0.1, 0.15) is 0 Å². The van der Waals surface area contributed by atoms with Gasteiger partial charge in [-0.3, -0.25) is 0 Å². The average molecular weight is 759 g/mol. The summed E-state index contributed by atoms with van der Waals surface area (Å²) >= 11 is 0. The van der Waals surface area contributed by atoms with Gasteiger partial charge in [0.05, 0.1) is 0 Å². The molecule has 0 unspecified atom stereocenters. The maximum atomic E-state index is 2.57. The zero-order valence-corrected chi connectivity index (χ0v) is 33.7. The lowest BCUT2D eigenvalue weighted by molar-refractivity contribution is 0.591. The highest BCUT2D eigenvalue weighted by atomic mass is 14.3. The molecule has 0 nitrogen and oxygen atoms in total. The summed E-state index contributed by atoms with van der Waals surface area (Å²) in [6.07, 6.45) is 0. The lowest BCUT2D eigenvalue weighted by Crippen LogP contribution is -2.10. The van der Waals surface area contributed by atoms with E-state index in [-0.39, 0.29) is 5.41 Å². The van der Waals surface area contributed by atoms with E-state index >= 15 is 0 Å². The summed E-state index contributed by atoms with van der Waals surface area (Å²) in [6.45, 7) is 7.01. The van der Waals surface area contributed by atoms with E-state index in [0.29, 0.717) is 0 Å². The number of hydrogen-bond acceptors (Lipinski definition) is 0. The van der Waals surface area contributed by atoms with Gasteiger partial charge in [-0.1, -0.05) is 172 Å². The van der Waals surface area contributed by atoms with Crippen molar-refractivity contribution >= 4 is 118 Å². The molecule has 0 saturated heterocycles. The van der Waals surface area contributed by atoms with Gasteiger partial charge in [-0.25, -0.2) is 0 Å². The molecule has 0 bridgehead atoms. The second-order valence-corrected chi connectivity index (χ2v) is 18.4. The summed E-state index contributed by atoms with van der Waals surface area (Å²) in [5.41, 5.74) is 6.55. The van der Waals surface area contributed by atoms with Crippen LogP contribution in [0.15, 0.2) is 176 Å². The highest BCUT2D eigenvalue weighted by Gasteiger charge is 2.28. The van der Waals surface area contributed by atoms with E-state index < -0.39 is 0 Å². The molecule has 14 rings (SSSR count). The molecule has 0 radical (unpaired) electrons. The van der Waals surface area contributed by atoms with E-state index in [0.717, 1.165) is 0 Å². The molecule has 0 atom stereocenters. The molecular weight excluding hydrogens is 721 g/mol. The predicted octanol–water partition coefficient (Wildman–Crippen LogP) is 17.3. The number of rotatable bonds is 2. The Hall–Kier alpha value is -7.28. The Kier molecular flexibility index (Phi) is 6.13. The maximum Gasteiger partial charge on any atom is -0.000717 e. The molecule has 0 heteroatoms. The summed E-state index contributed by atoms with van der Waals surface area (Å²) in [5.74, 6) is 0. The van der Waals surface area contributed by atoms with Crippen LogP contribution in [0.5, 0.6) is 0 Å². The first kappa shape index (κ1) is 32.7. The third-order valence-corrected chi connectivity index (χ3v) is 14.1. The quantitative estimate of drug-likeness (QED) is 0.154. The molecule has 0 aliphatic rings. The van der Waals surface area contributed by atoms with Gasteiger partial charge in [-0.05, 0) is 176 Å². The second kappa shape index (κ2) is 11.3. The van der Waals surface area contributed by atoms with Gasteiger partial charge < -0.3 is 0 Å². The van der Waals surface area contributed by atoms with E-state index in [1.54, 1.807) is 0 Å². The number of benzene rings is 12. The monoisotopic (exact) mass is 758 g/mol. The molecule has 0 N–H and O–H groups in total. The Balaban J connectivity index is 1.31. The predicted molar refractivity (Wildman–Crippen MR) is 262 cm³/mol. The van der Waals surface area contributed by atoms with Crippen LogP contribution in [-0.2, 0) is 5.41 Å². The van der Waals surface area contributed by atoms with Crippen molar-refractivity contribution in [3.8, 4) is 22.3 Å². The van der Waals surface area contributed by atoms with Gasteiger partial charge in [0.2, 0.25) is 0 Å². The van der Waals surface area contributed by atoms with Gasteiger partial charge in [-0.2, -0.15) is 0 Å². The third kappa shape index (κ3) is 4.15. The summed E-state index contributed by atoms with van der Waals surface area (Å²) in [6, 6.07) is 67.6. The minimum absolute atomic E-state index is 0.0163. The molecule has 278 valence electrons. The summed E-state index contributed by atoms with van der Waals surface area (Å²) in [4.78, 5) is 0. The van der Waals surface area contributed by atoms with E-state index in [2.05, 4.69) is 197 Å². The summed E-state index contributed by atoms with van der Waals surface area (Å²) in [5, 5.41) is 29.1. The van der Waals surface area contributed by atoms with Crippen LogP contribution in [0.3, 0.4) is 0 Å². The zero-order valence-electron chi connectivity index (χ0n) is 33.7. The molecule has 0 heterocycles. The molecule has 0 fully saturated rings. The van der Waals surface area contributed by atoms with Crippen LogP contribution in [0, 0.1) is 0 Å². The fourth-order valence-electron chi connectivity index (χ4n) is 11.4. The molecule has 0 saturated carbocycles. The van der Waals surface area contributed by atoms with Crippen LogP contribution in [0.2, 0.25) is 0 Å². The van der Waals surface area contributed by atoms with Crippen molar-refractivity contribution in [1.82, 2.24) is 0 Å². The lowest BCUT2D eigenvalue weighted by Gasteiger charge is -2.21. The molecule has 0 aromatic heterocycles. The molecule has 0 amide bonds. The topological polar surface area (TPSA) is 0 Å². The largest absolute Gasteiger partial charge is 0.0616 e. The lowest BCUT2D eigenvalue weighted by atomic mass is 9.82. The Morgan fingerprint density at radius 3 is 1.53 bits per heavy atom. The van der Waals surface area contributed by atoms with Gasteiger partial charge >= 0.3 is 0 Å². The third-order valence-electron chi connectivity index (χ3n) is 14.1. The first-order valence-electron chi connectivity index (χ1n) is 21.3. The molecule has 0 spiro atoms. The number of hydrogen-bond donors (Lipinski definition) is 0. The first-order chi connectivity index (χ1) is 29.4. The smallest absolute Gasteiger partial charge is 0.000717 e. The van der Waals surface area contributed by atoms with Crippen LogP contribution in [0.4, 0.5) is 0 Å². The van der Waals surface area contributed by atoms with Gasteiger partial charge in [0.25, 0.3) is 0 Å². The van der Waals surface area contributed by atoms with Crippen LogP contribution in [-0.4, -0.2) is 0 Å². The normalized spacial score (nSPS) is 12.9. The van der Waals surface area contributed by atoms with Crippen LogP contribution >= 0.6 is 0 Å². The minimum Gasteiger partial charge on any atom is -0.0616 e. The Labute approximate surface area is 346 Å². The van der Waals surface area contributed by atoms with E-state index in [1.165, 1.54) is 146 Å². The Bertz CT molecular complexity index is 4140. The van der Waals surface area contributed by atoms with Crippen molar-refractivity contribution in [3.05, 3.63) is 181 Å². The molecule has 0 aliphatic carbocycles. The Morgan fingerprint density at radius 1 is 0.250 bits per heavy atom. The summed E-state index contributed by atoms with van der Waals surface area (Å²) < 4.78 is 0. The van der Waals surface area contributed by atoms with E-state index in [4.69, 9.17) is 0 Å². The highest BCUT2D eigenvalue weighted by molar-refractivity contribution is 6.47. The van der Waals surface area contributed by atoms with Crippen molar-refractivity contribution in [2.24, 2.45) is 0 Å². The standard InChI is InChI=1S/C60H38/c1-60(2,3)42-29-40-24-21-35-25-26-47-57-49(31-41(30-42)51(40)53(35)57)59-52(38-22-19-33-11-4-6-13-36(33)27-38)50-32-48-44-16-9-8-15-43(44)45-17-10-18-46(55(45)48)56(50)54(58(47)59)39-23-20-34-12-5-7-14-37(34)28-39/h4-32H,1-3H3. The number of fused-ring (bicyclic) bond motifs is 10. The molecule has 14 aromatic rings. The maximum absolute atomic E-state index is 2.57. The van der Waals surface area contributed by atoms with Crippen LogP contribution in [0.25, 0.3) is 141 Å². The fraction of sp³-hybridized carbons (Fsp3) is 0.0667. The van der Waals surface area contributed by atoms with Crippen molar-refractivity contribution in [2.45, 2.75) is 26.2 Å². The van der Waals surface area contributed by atoms with Crippen molar-refractivity contribution in [3.63, 3.8) is 0 Å². The summed E-state index contributed by atoms with van der Waals surface area (Å²) in [7, 11) is 0. The average Bonchev–Trinajstić information content (AvgIpc) is 3.78. The fourth-order valence-corrected chi connectivity index (χ4v) is 11.4. The molecule has 60 heavy (non-hydrogen) atoms. The van der Waals surface area contributed by atoms with Gasteiger partial charge in [0.15, 0.2) is 0 Å². The van der Waals surface area contributed by atoms with Crippen LogP contribution < -0.4 is 0 Å². The second-order valence-electron chi connectivity index (χ2n) is 18.4. The molecular formula is C60H38. The minimum atomic E-state index is 0.0163. The van der Waals surface area contributed by atoms with Crippen molar-refractivity contribution in [2.75, 3.05) is 0 Å². The van der Waals surface area contributed by atoms with Crippen molar-refractivity contribution in [1.29, 1.82) is 0 Å². The SMILES string of the molecule is CC(C)(C)c1cc2ccc3ccc4c5c(-c6ccc7ccccc7c6)c6c(cc7c8ccccc8c8cccc6c87)c(-c6ccc7ccccc7c6)c5c5cc(c1)c2c3c54. The van der Waals surface area contributed by atoms with E-state index in [1.807, 2.05) is 0 Å². The Morgan fingerprint density at radius 2 is 0.800 bits per heavy atom. The van der Waals surface area contributed by atoms with Gasteiger partial charge in [-0.15, -0.1) is 0 Å². The highest BCUT2D eigenvalue weighted by Crippen LogP contribution is 2.56.